The van der Waals surface area contributed by atoms with Crippen molar-refractivity contribution >= 4 is 44.9 Å². The molecule has 2 atom stereocenters. The standard InChI is InChI=1S/C19H22N4O2S2/c1-11-16(14-7-3-4-8-15(14)21-11)17(24)12(2)26-19-23-22-18(27-19)20-10-13-6-5-9-25-13/h3-4,7-8,12-13,21H,5-6,9-10H2,1-2H3,(H,20,22)/t12-,13+/m1/s1. The zero-order chi connectivity index (χ0) is 18.8. The molecule has 0 bridgehead atoms. The summed E-state index contributed by atoms with van der Waals surface area (Å²) in [7, 11) is 0. The molecule has 3 heterocycles. The Hall–Kier alpha value is -1.90. The third-order valence-electron chi connectivity index (χ3n) is 4.70. The van der Waals surface area contributed by atoms with E-state index in [0.29, 0.717) is 0 Å². The summed E-state index contributed by atoms with van der Waals surface area (Å²) >= 11 is 2.94. The maximum atomic E-state index is 13.0. The van der Waals surface area contributed by atoms with Gasteiger partial charge in [0.05, 0.1) is 11.4 Å². The Morgan fingerprint density at radius 2 is 2.30 bits per heavy atom. The molecule has 0 aliphatic carbocycles. The van der Waals surface area contributed by atoms with Crippen LogP contribution in [0.15, 0.2) is 28.6 Å². The van der Waals surface area contributed by atoms with Crippen LogP contribution < -0.4 is 5.32 Å². The molecule has 8 heteroatoms. The van der Waals surface area contributed by atoms with Crippen LogP contribution in [0, 0.1) is 6.92 Å². The number of hydrogen-bond acceptors (Lipinski definition) is 7. The number of ketones is 1. The first-order valence-corrected chi connectivity index (χ1v) is 10.8. The molecule has 1 fully saturated rings. The molecule has 0 amide bonds. The topological polar surface area (TPSA) is 79.9 Å². The molecule has 27 heavy (non-hydrogen) atoms. The number of aromatic amines is 1. The minimum atomic E-state index is -0.234. The number of benzene rings is 1. The van der Waals surface area contributed by atoms with Gasteiger partial charge in [0.15, 0.2) is 10.1 Å². The first kappa shape index (κ1) is 18.5. The Kier molecular flexibility index (Phi) is 5.47. The van der Waals surface area contributed by atoms with Crippen LogP contribution >= 0.6 is 23.1 Å². The molecule has 6 nitrogen and oxygen atoms in total. The molecule has 0 saturated carbocycles. The number of H-pyrrole nitrogens is 1. The predicted molar refractivity (Wildman–Crippen MR) is 110 cm³/mol. The summed E-state index contributed by atoms with van der Waals surface area (Å²) in [5, 5.41) is 13.2. The molecule has 1 aliphatic heterocycles. The normalized spacial score (nSPS) is 18.1. The molecule has 0 radical (unpaired) electrons. The van der Waals surface area contributed by atoms with E-state index >= 15 is 0 Å². The van der Waals surface area contributed by atoms with Crippen molar-refractivity contribution in [1.82, 2.24) is 15.2 Å². The maximum Gasteiger partial charge on any atom is 0.206 e. The fourth-order valence-electron chi connectivity index (χ4n) is 3.34. The molecule has 3 aromatic rings. The lowest BCUT2D eigenvalue weighted by molar-refractivity contribution is 0.0995. The largest absolute Gasteiger partial charge is 0.376 e. The number of nitrogens with one attached hydrogen (secondary N) is 2. The fourth-order valence-corrected chi connectivity index (χ4v) is 5.30. The van der Waals surface area contributed by atoms with E-state index in [0.717, 1.165) is 57.6 Å². The van der Waals surface area contributed by atoms with Gasteiger partial charge >= 0.3 is 0 Å². The van der Waals surface area contributed by atoms with Crippen LogP contribution in [0.5, 0.6) is 0 Å². The van der Waals surface area contributed by atoms with E-state index in [1.807, 2.05) is 38.1 Å². The molecule has 1 aromatic carbocycles. The van der Waals surface area contributed by atoms with Gasteiger partial charge < -0.3 is 15.0 Å². The van der Waals surface area contributed by atoms with Crippen molar-refractivity contribution < 1.29 is 9.53 Å². The number of hydrogen-bond donors (Lipinski definition) is 2. The predicted octanol–water partition coefficient (Wildman–Crippen LogP) is 4.28. The van der Waals surface area contributed by atoms with E-state index in [2.05, 4.69) is 20.5 Å². The molecular weight excluding hydrogens is 380 g/mol. The van der Waals surface area contributed by atoms with Crippen molar-refractivity contribution in [2.75, 3.05) is 18.5 Å². The number of thioether (sulfide) groups is 1. The highest BCUT2D eigenvalue weighted by molar-refractivity contribution is 8.02. The second-order valence-corrected chi connectivity index (χ2v) is 9.25. The molecular formula is C19H22N4O2S2. The zero-order valence-electron chi connectivity index (χ0n) is 15.3. The summed E-state index contributed by atoms with van der Waals surface area (Å²) in [6, 6.07) is 7.91. The van der Waals surface area contributed by atoms with E-state index in [-0.39, 0.29) is 17.1 Å². The Labute approximate surface area is 166 Å². The van der Waals surface area contributed by atoms with Gasteiger partial charge in [-0.25, -0.2) is 0 Å². The minimum absolute atomic E-state index is 0.110. The lowest BCUT2D eigenvalue weighted by atomic mass is 10.1. The number of ether oxygens (including phenoxy) is 1. The summed E-state index contributed by atoms with van der Waals surface area (Å²) in [5.74, 6) is 0.110. The quantitative estimate of drug-likeness (QED) is 0.453. The van der Waals surface area contributed by atoms with E-state index in [9.17, 15) is 4.79 Å². The monoisotopic (exact) mass is 402 g/mol. The van der Waals surface area contributed by atoms with Gasteiger partial charge in [-0.15, -0.1) is 10.2 Å². The summed E-state index contributed by atoms with van der Waals surface area (Å²) in [6.07, 6.45) is 2.47. The Bertz CT molecular complexity index is 946. The summed E-state index contributed by atoms with van der Waals surface area (Å²) in [4.78, 5) is 16.3. The average molecular weight is 403 g/mol. The van der Waals surface area contributed by atoms with Crippen LogP contribution in [0.4, 0.5) is 5.13 Å². The van der Waals surface area contributed by atoms with Crippen LogP contribution in [0.25, 0.3) is 10.9 Å². The number of aromatic nitrogens is 3. The van der Waals surface area contributed by atoms with Crippen molar-refractivity contribution in [3.63, 3.8) is 0 Å². The molecule has 0 spiro atoms. The lowest BCUT2D eigenvalue weighted by Gasteiger charge is -2.09. The molecule has 1 saturated heterocycles. The number of carbonyl (C=O) groups is 1. The summed E-state index contributed by atoms with van der Waals surface area (Å²) < 4.78 is 6.40. The Morgan fingerprint density at radius 3 is 3.11 bits per heavy atom. The highest BCUT2D eigenvalue weighted by Gasteiger charge is 2.24. The first-order valence-electron chi connectivity index (χ1n) is 9.09. The lowest BCUT2D eigenvalue weighted by Crippen LogP contribution is -2.18. The minimum Gasteiger partial charge on any atom is -0.376 e. The number of nitrogens with zero attached hydrogens (tertiary/aromatic N) is 2. The third kappa shape index (κ3) is 4.02. The molecule has 142 valence electrons. The van der Waals surface area contributed by atoms with Gasteiger partial charge in [0.2, 0.25) is 5.13 Å². The summed E-state index contributed by atoms with van der Waals surface area (Å²) in [6.45, 7) is 5.47. The van der Waals surface area contributed by atoms with E-state index < -0.39 is 0 Å². The van der Waals surface area contributed by atoms with Gasteiger partial charge in [0, 0.05) is 35.3 Å². The smallest absolute Gasteiger partial charge is 0.206 e. The third-order valence-corrected chi connectivity index (χ3v) is 6.76. The van der Waals surface area contributed by atoms with Crippen molar-refractivity contribution in [3.05, 3.63) is 35.5 Å². The first-order chi connectivity index (χ1) is 13.1. The van der Waals surface area contributed by atoms with Crippen LogP contribution in [0.2, 0.25) is 0 Å². The van der Waals surface area contributed by atoms with Crippen molar-refractivity contribution in [3.8, 4) is 0 Å². The van der Waals surface area contributed by atoms with E-state index in [4.69, 9.17) is 4.74 Å². The molecule has 2 aromatic heterocycles. The van der Waals surface area contributed by atoms with Crippen molar-refractivity contribution in [1.29, 1.82) is 0 Å². The number of rotatable bonds is 7. The van der Waals surface area contributed by atoms with Crippen LogP contribution in [-0.2, 0) is 4.74 Å². The van der Waals surface area contributed by atoms with Gasteiger partial charge in [-0.05, 0) is 32.8 Å². The van der Waals surface area contributed by atoms with Crippen LogP contribution in [0.3, 0.4) is 0 Å². The molecule has 4 rings (SSSR count). The van der Waals surface area contributed by atoms with Crippen LogP contribution in [-0.4, -0.2) is 45.5 Å². The van der Waals surface area contributed by atoms with Crippen molar-refractivity contribution in [2.45, 2.75) is 42.4 Å². The molecule has 1 aliphatic rings. The van der Waals surface area contributed by atoms with Gasteiger partial charge in [-0.2, -0.15) is 0 Å². The number of Topliss-reactive ketones (excluding diaryl/α,β-unsaturated/α-hetero) is 1. The second kappa shape index (κ2) is 8.00. The number of carbonyl (C=O) groups excluding carboxylic acids is 1. The average Bonchev–Trinajstić information content (AvgIpc) is 3.38. The fraction of sp³-hybridized carbons (Fsp3) is 0.421. The van der Waals surface area contributed by atoms with E-state index in [1.54, 1.807) is 0 Å². The highest BCUT2D eigenvalue weighted by Crippen LogP contribution is 2.32. The maximum absolute atomic E-state index is 13.0. The zero-order valence-corrected chi connectivity index (χ0v) is 17.0. The number of para-hydroxylation sites is 1. The number of fused-ring (bicyclic) bond motifs is 1. The number of aryl methyl sites for hydroxylation is 1. The summed E-state index contributed by atoms with van der Waals surface area (Å²) in [5.41, 5.74) is 2.67. The van der Waals surface area contributed by atoms with Gasteiger partial charge in [-0.3, -0.25) is 4.79 Å². The Balaban J connectivity index is 1.41. The Morgan fingerprint density at radius 1 is 1.44 bits per heavy atom. The highest BCUT2D eigenvalue weighted by atomic mass is 32.2. The SMILES string of the molecule is Cc1[nH]c2ccccc2c1C(=O)[C@@H](C)Sc1nnc(NC[C@@H]2CCCO2)s1. The van der Waals surface area contributed by atoms with Crippen molar-refractivity contribution in [2.24, 2.45) is 0 Å². The second-order valence-electron chi connectivity index (χ2n) is 6.68. The van der Waals surface area contributed by atoms with Gasteiger partial charge in [-0.1, -0.05) is 41.3 Å². The molecule has 0 unspecified atom stereocenters. The molecule has 2 N–H and O–H groups in total. The van der Waals surface area contributed by atoms with Crippen LogP contribution in [0.1, 0.15) is 35.8 Å². The number of anilines is 1. The van der Waals surface area contributed by atoms with Gasteiger partial charge in [0.1, 0.15) is 0 Å². The van der Waals surface area contributed by atoms with Gasteiger partial charge in [0.25, 0.3) is 0 Å². The van der Waals surface area contributed by atoms with E-state index in [1.165, 1.54) is 23.1 Å².